The van der Waals surface area contributed by atoms with Gasteiger partial charge in [0.25, 0.3) is 0 Å². The highest BCUT2D eigenvalue weighted by molar-refractivity contribution is 7.99. The Morgan fingerprint density at radius 1 is 1.22 bits per heavy atom. The number of halogens is 1. The van der Waals surface area contributed by atoms with Crippen LogP contribution in [0.3, 0.4) is 0 Å². The molecule has 27 heavy (non-hydrogen) atoms. The lowest BCUT2D eigenvalue weighted by Crippen LogP contribution is -2.28. The average Bonchev–Trinajstić information content (AvgIpc) is 3.12. The zero-order chi connectivity index (χ0) is 19.2. The van der Waals surface area contributed by atoms with Crippen molar-refractivity contribution in [1.82, 2.24) is 15.0 Å². The van der Waals surface area contributed by atoms with Crippen molar-refractivity contribution in [2.24, 2.45) is 0 Å². The number of nitrogens with zero attached hydrogens (tertiary/aromatic N) is 3. The van der Waals surface area contributed by atoms with Crippen molar-refractivity contribution < 1.29 is 9.32 Å². The first-order chi connectivity index (χ1) is 13.0. The summed E-state index contributed by atoms with van der Waals surface area (Å²) in [6.07, 6.45) is 0. The van der Waals surface area contributed by atoms with Crippen LogP contribution in [0.5, 0.6) is 0 Å². The summed E-state index contributed by atoms with van der Waals surface area (Å²) < 4.78 is 5.29. The third-order valence-electron chi connectivity index (χ3n) is 3.95. The minimum Gasteiger partial charge on any atom is -0.337 e. The Hall–Kier alpha value is -2.31. The maximum absolute atomic E-state index is 12.3. The van der Waals surface area contributed by atoms with Crippen LogP contribution >= 0.6 is 23.4 Å². The molecular formula is C20H20ClN3O2S. The second-order valence-electron chi connectivity index (χ2n) is 6.25. The topological polar surface area (TPSA) is 59.2 Å². The van der Waals surface area contributed by atoms with Gasteiger partial charge in [-0.3, -0.25) is 4.79 Å². The molecule has 0 fully saturated rings. The Kier molecular flexibility index (Phi) is 6.53. The summed E-state index contributed by atoms with van der Waals surface area (Å²) in [5.74, 6) is 2.12. The fraction of sp³-hybridized carbons (Fsp3) is 0.250. The third kappa shape index (κ3) is 5.58. The van der Waals surface area contributed by atoms with Gasteiger partial charge in [0.2, 0.25) is 17.6 Å². The summed E-state index contributed by atoms with van der Waals surface area (Å²) >= 11 is 7.44. The highest BCUT2D eigenvalue weighted by atomic mass is 35.5. The van der Waals surface area contributed by atoms with E-state index in [0.29, 0.717) is 29.0 Å². The molecule has 1 aromatic heterocycles. The standard InChI is InChI=1S/C20H20ClN3O2S/c1-14-4-3-5-16(10-14)20-22-18(26-23-20)11-24(2)19(25)13-27-12-15-6-8-17(21)9-7-15/h3-10H,11-13H2,1-2H3. The predicted octanol–water partition coefficient (Wildman–Crippen LogP) is 4.59. The molecule has 2 aromatic carbocycles. The fourth-order valence-electron chi connectivity index (χ4n) is 2.46. The number of carbonyl (C=O) groups is 1. The maximum Gasteiger partial charge on any atom is 0.246 e. The average molecular weight is 402 g/mol. The molecular weight excluding hydrogens is 382 g/mol. The highest BCUT2D eigenvalue weighted by Crippen LogP contribution is 2.18. The number of aryl methyl sites for hydroxylation is 1. The molecule has 0 spiro atoms. The van der Waals surface area contributed by atoms with Crippen molar-refractivity contribution in [1.29, 1.82) is 0 Å². The van der Waals surface area contributed by atoms with Crippen molar-refractivity contribution in [2.45, 2.75) is 19.2 Å². The van der Waals surface area contributed by atoms with Crippen LogP contribution in [0.4, 0.5) is 0 Å². The molecule has 0 aliphatic carbocycles. The van der Waals surface area contributed by atoms with E-state index in [1.165, 1.54) is 0 Å². The molecule has 0 N–H and O–H groups in total. The van der Waals surface area contributed by atoms with Crippen molar-refractivity contribution in [3.05, 3.63) is 70.6 Å². The lowest BCUT2D eigenvalue weighted by molar-refractivity contribution is -0.127. The van der Waals surface area contributed by atoms with E-state index in [-0.39, 0.29) is 5.91 Å². The van der Waals surface area contributed by atoms with Crippen LogP contribution in [0, 0.1) is 6.92 Å². The number of hydrogen-bond donors (Lipinski definition) is 0. The Balaban J connectivity index is 1.50. The van der Waals surface area contributed by atoms with E-state index < -0.39 is 0 Å². The minimum absolute atomic E-state index is 0.0178. The van der Waals surface area contributed by atoms with Crippen LogP contribution < -0.4 is 0 Å². The van der Waals surface area contributed by atoms with Crippen LogP contribution in [-0.4, -0.2) is 33.7 Å². The van der Waals surface area contributed by atoms with E-state index >= 15 is 0 Å². The van der Waals surface area contributed by atoms with Crippen LogP contribution in [-0.2, 0) is 17.1 Å². The predicted molar refractivity (Wildman–Crippen MR) is 109 cm³/mol. The van der Waals surface area contributed by atoms with Gasteiger partial charge < -0.3 is 9.42 Å². The Morgan fingerprint density at radius 3 is 2.74 bits per heavy atom. The van der Waals surface area contributed by atoms with Crippen molar-refractivity contribution in [2.75, 3.05) is 12.8 Å². The number of rotatable bonds is 7. The number of benzene rings is 2. The van der Waals surface area contributed by atoms with E-state index in [9.17, 15) is 4.79 Å². The summed E-state index contributed by atoms with van der Waals surface area (Å²) in [7, 11) is 1.74. The van der Waals surface area contributed by atoms with Crippen LogP contribution in [0.25, 0.3) is 11.4 Å². The molecule has 0 atom stereocenters. The highest BCUT2D eigenvalue weighted by Gasteiger charge is 2.15. The van der Waals surface area contributed by atoms with Crippen LogP contribution in [0.15, 0.2) is 53.1 Å². The van der Waals surface area contributed by atoms with Crippen molar-refractivity contribution >= 4 is 29.3 Å². The van der Waals surface area contributed by atoms with Gasteiger partial charge in [-0.05, 0) is 30.7 Å². The van der Waals surface area contributed by atoms with Crippen molar-refractivity contribution in [3.8, 4) is 11.4 Å². The lowest BCUT2D eigenvalue weighted by Gasteiger charge is -2.14. The molecule has 0 aliphatic rings. The molecule has 140 valence electrons. The summed E-state index contributed by atoms with van der Waals surface area (Å²) in [6.45, 7) is 2.30. The number of thioether (sulfide) groups is 1. The number of aromatic nitrogens is 2. The van der Waals surface area contributed by atoms with Gasteiger partial charge in [-0.25, -0.2) is 0 Å². The molecule has 0 saturated heterocycles. The van der Waals surface area contributed by atoms with E-state index in [4.69, 9.17) is 16.1 Å². The second kappa shape index (κ2) is 9.06. The van der Waals surface area contributed by atoms with Crippen molar-refractivity contribution in [3.63, 3.8) is 0 Å². The summed E-state index contributed by atoms with van der Waals surface area (Å²) in [5.41, 5.74) is 3.17. The zero-order valence-corrected chi connectivity index (χ0v) is 16.8. The minimum atomic E-state index is 0.0178. The van der Waals surface area contributed by atoms with Gasteiger partial charge >= 0.3 is 0 Å². The fourth-order valence-corrected chi connectivity index (χ4v) is 3.51. The number of hydrogen-bond acceptors (Lipinski definition) is 5. The van der Waals surface area contributed by atoms with Gasteiger partial charge in [0, 0.05) is 23.4 Å². The third-order valence-corrected chi connectivity index (χ3v) is 5.19. The van der Waals surface area contributed by atoms with Gasteiger partial charge in [0.15, 0.2) is 0 Å². The Morgan fingerprint density at radius 2 is 2.00 bits per heavy atom. The van der Waals surface area contributed by atoms with E-state index in [1.807, 2.05) is 55.5 Å². The summed E-state index contributed by atoms with van der Waals surface area (Å²) in [5, 5.41) is 4.72. The first-order valence-corrected chi connectivity index (χ1v) is 10.0. The molecule has 3 aromatic rings. The first-order valence-electron chi connectivity index (χ1n) is 8.47. The molecule has 0 unspecified atom stereocenters. The largest absolute Gasteiger partial charge is 0.337 e. The Labute approximate surface area is 167 Å². The van der Waals surface area contributed by atoms with Gasteiger partial charge in [-0.15, -0.1) is 11.8 Å². The molecule has 0 bridgehead atoms. The van der Waals surface area contributed by atoms with E-state index in [1.54, 1.807) is 23.7 Å². The normalized spacial score (nSPS) is 10.8. The van der Waals surface area contributed by atoms with E-state index in [0.717, 1.165) is 22.4 Å². The quantitative estimate of drug-likeness (QED) is 0.579. The van der Waals surface area contributed by atoms with Crippen LogP contribution in [0.2, 0.25) is 5.02 Å². The number of carbonyl (C=O) groups excluding carboxylic acids is 1. The lowest BCUT2D eigenvalue weighted by atomic mass is 10.1. The van der Waals surface area contributed by atoms with Gasteiger partial charge in [-0.1, -0.05) is 52.7 Å². The smallest absolute Gasteiger partial charge is 0.246 e. The molecule has 1 heterocycles. The second-order valence-corrected chi connectivity index (χ2v) is 7.67. The van der Waals surface area contributed by atoms with E-state index in [2.05, 4.69) is 10.1 Å². The molecule has 7 heteroatoms. The number of amides is 1. The maximum atomic E-state index is 12.3. The van der Waals surface area contributed by atoms with Gasteiger partial charge in [0.1, 0.15) is 0 Å². The Bertz CT molecular complexity index is 912. The summed E-state index contributed by atoms with van der Waals surface area (Å²) in [6, 6.07) is 15.5. The van der Waals surface area contributed by atoms with Crippen LogP contribution in [0.1, 0.15) is 17.0 Å². The SMILES string of the molecule is Cc1cccc(-c2noc(CN(C)C(=O)CSCc3ccc(Cl)cc3)n2)c1. The molecule has 0 saturated carbocycles. The zero-order valence-electron chi connectivity index (χ0n) is 15.2. The molecule has 5 nitrogen and oxygen atoms in total. The first kappa shape index (κ1) is 19.5. The molecule has 1 amide bonds. The van der Waals surface area contributed by atoms with Gasteiger partial charge in [0.05, 0.1) is 12.3 Å². The monoisotopic (exact) mass is 401 g/mol. The molecule has 3 rings (SSSR count). The molecule has 0 aliphatic heterocycles. The van der Waals surface area contributed by atoms with Gasteiger partial charge in [-0.2, -0.15) is 4.98 Å². The summed E-state index contributed by atoms with van der Waals surface area (Å²) in [4.78, 5) is 18.3. The molecule has 0 radical (unpaired) electrons.